The molecule has 5 rings (SSSR count). The van der Waals surface area contributed by atoms with Gasteiger partial charge in [-0.2, -0.15) is 0 Å². The van der Waals surface area contributed by atoms with Gasteiger partial charge in [0.15, 0.2) is 0 Å². The zero-order chi connectivity index (χ0) is 27.7. The molecular formula is C28H27F4N5O2. The number of hydrogen-bond donors (Lipinski definition) is 1. The minimum absolute atomic E-state index is 0.130. The van der Waals surface area contributed by atoms with Gasteiger partial charge in [-0.05, 0) is 67.9 Å². The lowest BCUT2D eigenvalue weighted by atomic mass is 10.1. The minimum Gasteiger partial charge on any atom is -0.406 e. The molecule has 2 aromatic carbocycles. The second-order valence-corrected chi connectivity index (χ2v) is 9.50. The lowest BCUT2D eigenvalue weighted by Gasteiger charge is -2.42. The van der Waals surface area contributed by atoms with Crippen molar-refractivity contribution >= 4 is 22.9 Å². The number of pyridine rings is 1. The Morgan fingerprint density at radius 3 is 2.38 bits per heavy atom. The summed E-state index contributed by atoms with van der Waals surface area (Å²) in [5, 5.41) is 2.89. The normalized spacial score (nSPS) is 16.0. The summed E-state index contributed by atoms with van der Waals surface area (Å²) in [4.78, 5) is 21.6. The first-order valence-corrected chi connectivity index (χ1v) is 12.5. The molecule has 1 amide bonds. The molecule has 0 bridgehead atoms. The second kappa shape index (κ2) is 10.5. The number of amides is 1. The molecule has 0 aliphatic carbocycles. The third kappa shape index (κ3) is 5.92. The van der Waals surface area contributed by atoms with E-state index < -0.39 is 12.2 Å². The van der Waals surface area contributed by atoms with Crippen LogP contribution in [0.15, 0.2) is 66.9 Å². The minimum atomic E-state index is -4.71. The third-order valence-electron chi connectivity index (χ3n) is 6.76. The highest BCUT2D eigenvalue weighted by molar-refractivity contribution is 5.94. The van der Waals surface area contributed by atoms with Crippen LogP contribution in [0.25, 0.3) is 5.65 Å². The Morgan fingerprint density at radius 1 is 1.03 bits per heavy atom. The van der Waals surface area contributed by atoms with Gasteiger partial charge in [-0.25, -0.2) is 9.37 Å². The predicted molar refractivity (Wildman–Crippen MR) is 140 cm³/mol. The number of fused-ring (bicyclic) bond motifs is 1. The monoisotopic (exact) mass is 541 g/mol. The lowest BCUT2D eigenvalue weighted by Crippen LogP contribution is -2.52. The summed E-state index contributed by atoms with van der Waals surface area (Å²) in [5.41, 5.74) is 4.12. The van der Waals surface area contributed by atoms with Crippen LogP contribution in [0, 0.1) is 12.7 Å². The number of rotatable bonds is 6. The highest BCUT2D eigenvalue weighted by Crippen LogP contribution is 2.28. The molecule has 39 heavy (non-hydrogen) atoms. The molecule has 0 radical (unpaired) electrons. The Morgan fingerprint density at radius 2 is 1.72 bits per heavy atom. The number of aryl methyl sites for hydroxylation is 1. The van der Waals surface area contributed by atoms with Crippen LogP contribution in [0.5, 0.6) is 5.75 Å². The first-order valence-electron chi connectivity index (χ1n) is 12.5. The molecule has 1 aliphatic rings. The number of nitrogens with zero attached hydrogens (tertiary/aromatic N) is 4. The van der Waals surface area contributed by atoms with Crippen LogP contribution in [0.1, 0.15) is 28.7 Å². The van der Waals surface area contributed by atoms with Crippen molar-refractivity contribution in [2.24, 2.45) is 0 Å². The van der Waals surface area contributed by atoms with E-state index in [4.69, 9.17) is 0 Å². The fourth-order valence-electron chi connectivity index (χ4n) is 4.92. The van der Waals surface area contributed by atoms with Gasteiger partial charge in [0.05, 0.1) is 5.69 Å². The van der Waals surface area contributed by atoms with E-state index in [2.05, 4.69) is 31.8 Å². The molecule has 3 heterocycles. The van der Waals surface area contributed by atoms with Crippen molar-refractivity contribution in [3.63, 3.8) is 0 Å². The number of imidazole rings is 1. The van der Waals surface area contributed by atoms with Gasteiger partial charge in [0.2, 0.25) is 0 Å². The Kier molecular flexibility index (Phi) is 7.07. The summed E-state index contributed by atoms with van der Waals surface area (Å²) < 4.78 is 56.4. The van der Waals surface area contributed by atoms with Gasteiger partial charge >= 0.3 is 6.36 Å². The second-order valence-electron chi connectivity index (χ2n) is 9.50. The van der Waals surface area contributed by atoms with Crippen LogP contribution in [0.3, 0.4) is 0 Å². The highest BCUT2D eigenvalue weighted by atomic mass is 19.4. The van der Waals surface area contributed by atoms with Crippen LogP contribution in [0.4, 0.5) is 28.9 Å². The number of halogens is 4. The van der Waals surface area contributed by atoms with Crippen molar-refractivity contribution in [3.8, 4) is 5.75 Å². The summed E-state index contributed by atoms with van der Waals surface area (Å²) in [5.74, 6) is -1.03. The molecule has 4 aromatic rings. The van der Waals surface area contributed by atoms with Crippen molar-refractivity contribution in [2.75, 3.05) is 29.4 Å². The van der Waals surface area contributed by atoms with Crippen molar-refractivity contribution in [1.82, 2.24) is 14.7 Å². The summed E-state index contributed by atoms with van der Waals surface area (Å²) in [7, 11) is 0. The number of hydrogen-bond acceptors (Lipinski definition) is 5. The first kappa shape index (κ1) is 26.3. The van der Waals surface area contributed by atoms with Gasteiger partial charge in [0, 0.05) is 49.8 Å². The van der Waals surface area contributed by atoms with Crippen LogP contribution < -0.4 is 19.9 Å². The summed E-state index contributed by atoms with van der Waals surface area (Å²) in [6.07, 6.45) is -3.46. The van der Waals surface area contributed by atoms with Crippen molar-refractivity contribution in [1.29, 1.82) is 0 Å². The van der Waals surface area contributed by atoms with Crippen LogP contribution in [-0.4, -0.2) is 47.3 Å². The number of benzene rings is 2. The number of ether oxygens (including phenoxy) is 1. The van der Waals surface area contributed by atoms with E-state index >= 15 is 0 Å². The molecule has 2 aromatic heterocycles. The van der Waals surface area contributed by atoms with E-state index in [9.17, 15) is 22.4 Å². The quantitative estimate of drug-likeness (QED) is 0.335. The molecule has 0 saturated carbocycles. The summed E-state index contributed by atoms with van der Waals surface area (Å²) >= 11 is 0. The number of nitrogens with one attached hydrogen (secondary N) is 1. The van der Waals surface area contributed by atoms with Gasteiger partial charge in [0.25, 0.3) is 5.91 Å². The number of aromatic nitrogens is 2. The van der Waals surface area contributed by atoms with Gasteiger partial charge in [0.1, 0.15) is 22.9 Å². The summed E-state index contributed by atoms with van der Waals surface area (Å²) in [6.45, 7) is 6.28. The number of carbonyl (C=O) groups excluding carboxylic acids is 1. The zero-order valence-electron chi connectivity index (χ0n) is 21.4. The maximum absolute atomic E-state index is 13.7. The van der Waals surface area contributed by atoms with E-state index in [1.54, 1.807) is 19.1 Å². The number of anilines is 2. The Labute approximate surface area is 222 Å². The zero-order valence-corrected chi connectivity index (χ0v) is 21.4. The predicted octanol–water partition coefficient (Wildman–Crippen LogP) is 5.33. The van der Waals surface area contributed by atoms with Gasteiger partial charge in [-0.3, -0.25) is 9.20 Å². The van der Waals surface area contributed by atoms with Crippen LogP contribution >= 0.6 is 0 Å². The smallest absolute Gasteiger partial charge is 0.406 e. The molecule has 1 fully saturated rings. The van der Waals surface area contributed by atoms with Crippen LogP contribution in [0.2, 0.25) is 0 Å². The van der Waals surface area contributed by atoms with E-state index in [-0.39, 0.29) is 17.7 Å². The standard InChI is InChI=1S/C28H27F4N5O2/c1-18-16-35(13-14-36(18)23-8-10-24(11-9-23)39-28(30,31)32)22-6-3-20(4-7-22)15-33-27(38)26-19(2)34-25-12-5-21(29)17-37(25)26/h3-12,17-18H,13-16H2,1-2H3,(H,33,38)/t18-/m0/s1. The molecule has 1 atom stereocenters. The van der Waals surface area contributed by atoms with Crippen molar-refractivity contribution < 1.29 is 27.1 Å². The molecule has 7 nitrogen and oxygen atoms in total. The fraction of sp³-hybridized carbons (Fsp3) is 0.286. The Bertz CT molecular complexity index is 1470. The molecule has 0 unspecified atom stereocenters. The van der Waals surface area contributed by atoms with Crippen molar-refractivity contribution in [3.05, 3.63) is 89.6 Å². The molecule has 1 aliphatic heterocycles. The highest BCUT2D eigenvalue weighted by Gasteiger charge is 2.31. The average molecular weight is 542 g/mol. The molecule has 0 spiro atoms. The maximum Gasteiger partial charge on any atom is 0.573 e. The largest absolute Gasteiger partial charge is 0.573 e. The molecule has 1 saturated heterocycles. The van der Waals surface area contributed by atoms with Gasteiger partial charge in [-0.1, -0.05) is 12.1 Å². The number of alkyl halides is 3. The molecular weight excluding hydrogens is 514 g/mol. The van der Waals surface area contributed by atoms with E-state index in [1.807, 2.05) is 24.3 Å². The molecule has 11 heteroatoms. The SMILES string of the molecule is Cc1nc2ccc(F)cn2c1C(=O)NCc1ccc(N2CCN(c3ccc(OC(F)(F)F)cc3)[C@@H](C)C2)cc1. The van der Waals surface area contributed by atoms with Crippen molar-refractivity contribution in [2.45, 2.75) is 32.8 Å². The molecule has 204 valence electrons. The number of piperazine rings is 1. The van der Waals surface area contributed by atoms with E-state index in [0.717, 1.165) is 30.0 Å². The Hall–Kier alpha value is -4.28. The number of carbonyl (C=O) groups is 1. The topological polar surface area (TPSA) is 62.1 Å². The van der Waals surface area contributed by atoms with Gasteiger partial charge < -0.3 is 19.9 Å². The average Bonchev–Trinajstić information content (AvgIpc) is 3.22. The first-order chi connectivity index (χ1) is 18.6. The van der Waals surface area contributed by atoms with E-state index in [0.29, 0.717) is 30.1 Å². The lowest BCUT2D eigenvalue weighted by molar-refractivity contribution is -0.274. The van der Waals surface area contributed by atoms with Crippen LogP contribution in [-0.2, 0) is 6.54 Å². The van der Waals surface area contributed by atoms with Gasteiger partial charge in [-0.15, -0.1) is 13.2 Å². The Balaban J connectivity index is 1.17. The van der Waals surface area contributed by atoms with E-state index in [1.165, 1.54) is 34.9 Å². The molecule has 1 N–H and O–H groups in total. The fourth-order valence-corrected chi connectivity index (χ4v) is 4.92. The summed E-state index contributed by atoms with van der Waals surface area (Å²) in [6, 6.07) is 16.8. The maximum atomic E-state index is 13.7. The third-order valence-corrected chi connectivity index (χ3v) is 6.76.